The van der Waals surface area contributed by atoms with Gasteiger partial charge in [0.1, 0.15) is 6.10 Å². The number of halogens is 6. The van der Waals surface area contributed by atoms with Crippen LogP contribution in [0.1, 0.15) is 40.5 Å². The number of carbonyl (C=O) groups is 1. The largest absolute Gasteiger partial charge is 0.461 e. The van der Waals surface area contributed by atoms with Crippen molar-refractivity contribution in [2.45, 2.75) is 59.0 Å². The van der Waals surface area contributed by atoms with Gasteiger partial charge in [-0.1, -0.05) is 20.8 Å². The van der Waals surface area contributed by atoms with E-state index in [-0.39, 0.29) is 19.8 Å². The summed E-state index contributed by atoms with van der Waals surface area (Å²) < 4.78 is 82.1. The normalized spacial score (nSPS) is 15.3. The summed E-state index contributed by atoms with van der Waals surface area (Å²) in [6.07, 6.45) is -13.4. The number of esters is 1. The molecule has 0 saturated heterocycles. The van der Waals surface area contributed by atoms with Crippen molar-refractivity contribution in [3.8, 4) is 0 Å². The zero-order valence-electron chi connectivity index (χ0n) is 11.7. The minimum Gasteiger partial charge on any atom is -0.461 e. The molecule has 0 saturated carbocycles. The summed E-state index contributed by atoms with van der Waals surface area (Å²) in [5.74, 6) is -2.20. The summed E-state index contributed by atoms with van der Waals surface area (Å²) in [6, 6.07) is 0. The highest BCUT2D eigenvalue weighted by Crippen LogP contribution is 2.54. The lowest BCUT2D eigenvalue weighted by Crippen LogP contribution is -2.58. The lowest BCUT2D eigenvalue weighted by Gasteiger charge is -2.41. The van der Waals surface area contributed by atoms with Crippen LogP contribution in [-0.4, -0.2) is 24.4 Å². The maximum atomic E-state index is 12.9. The van der Waals surface area contributed by atoms with Crippen LogP contribution in [0.5, 0.6) is 0 Å². The molecule has 0 heterocycles. The SMILES string of the molecule is CCCC(=O)OC(C(C)C)C(C)(C(F)(F)F)C(F)(F)F. The summed E-state index contributed by atoms with van der Waals surface area (Å²) >= 11 is 0. The van der Waals surface area contributed by atoms with Gasteiger partial charge in [-0.2, -0.15) is 26.3 Å². The molecule has 0 aliphatic rings. The highest BCUT2D eigenvalue weighted by atomic mass is 19.4. The number of hydrogen-bond acceptors (Lipinski definition) is 2. The first-order valence-corrected chi connectivity index (χ1v) is 6.12. The van der Waals surface area contributed by atoms with Crippen LogP contribution in [0.4, 0.5) is 26.3 Å². The first kappa shape index (κ1) is 19.1. The predicted octanol–water partition coefficient (Wildman–Crippen LogP) is 4.49. The molecule has 8 heteroatoms. The zero-order chi connectivity index (χ0) is 16.4. The molecule has 0 N–H and O–H groups in total. The van der Waals surface area contributed by atoms with Crippen molar-refractivity contribution in [3.63, 3.8) is 0 Å². The van der Waals surface area contributed by atoms with Crippen LogP contribution >= 0.6 is 0 Å². The maximum absolute atomic E-state index is 12.9. The standard InChI is InChI=1S/C12H18F6O2/c1-5-6-8(19)20-9(7(2)3)10(4,11(13,14)15)12(16,17)18/h7,9H,5-6H2,1-4H3. The molecule has 0 rings (SSSR count). The molecule has 1 unspecified atom stereocenters. The van der Waals surface area contributed by atoms with Crippen molar-refractivity contribution in [3.05, 3.63) is 0 Å². The minimum atomic E-state index is -5.58. The fourth-order valence-electron chi connectivity index (χ4n) is 1.81. The fraction of sp³-hybridized carbons (Fsp3) is 0.917. The number of alkyl halides is 6. The van der Waals surface area contributed by atoms with E-state index in [4.69, 9.17) is 0 Å². The molecule has 1 atom stereocenters. The van der Waals surface area contributed by atoms with Gasteiger partial charge in [0.15, 0.2) is 5.41 Å². The molecular formula is C12H18F6O2. The number of rotatable bonds is 5. The molecule has 0 radical (unpaired) electrons. The molecule has 2 nitrogen and oxygen atoms in total. The predicted molar refractivity (Wildman–Crippen MR) is 59.8 cm³/mol. The summed E-state index contributed by atoms with van der Waals surface area (Å²) in [6.45, 7) is 3.90. The van der Waals surface area contributed by atoms with Gasteiger partial charge >= 0.3 is 18.3 Å². The van der Waals surface area contributed by atoms with Gasteiger partial charge < -0.3 is 4.74 Å². The average Bonchev–Trinajstić information content (AvgIpc) is 2.21. The second-order valence-electron chi connectivity index (χ2n) is 5.10. The minimum absolute atomic E-state index is 0.0247. The second-order valence-corrected chi connectivity index (χ2v) is 5.10. The van der Waals surface area contributed by atoms with E-state index in [9.17, 15) is 31.1 Å². The molecule has 0 bridgehead atoms. The molecule has 120 valence electrons. The van der Waals surface area contributed by atoms with Gasteiger partial charge in [-0.25, -0.2) is 0 Å². The van der Waals surface area contributed by atoms with Gasteiger partial charge in [-0.15, -0.1) is 0 Å². The Morgan fingerprint density at radius 2 is 1.45 bits per heavy atom. The molecule has 0 aromatic heterocycles. The Kier molecular flexibility index (Phi) is 5.92. The fourth-order valence-corrected chi connectivity index (χ4v) is 1.81. The van der Waals surface area contributed by atoms with E-state index in [1.807, 2.05) is 0 Å². The molecule has 0 amide bonds. The number of ether oxygens (including phenoxy) is 1. The van der Waals surface area contributed by atoms with Crippen molar-refractivity contribution in [1.29, 1.82) is 0 Å². The molecule has 0 aliphatic heterocycles. The first-order valence-electron chi connectivity index (χ1n) is 6.12. The molecule has 0 aromatic carbocycles. The van der Waals surface area contributed by atoms with Gasteiger partial charge in [-0.05, 0) is 19.3 Å². The monoisotopic (exact) mass is 308 g/mol. The summed E-state index contributed by atoms with van der Waals surface area (Å²) in [4.78, 5) is 11.3. The highest BCUT2D eigenvalue weighted by molar-refractivity contribution is 5.69. The summed E-state index contributed by atoms with van der Waals surface area (Å²) in [5.41, 5.74) is -4.10. The van der Waals surface area contributed by atoms with Crippen molar-refractivity contribution >= 4 is 5.97 Å². The Morgan fingerprint density at radius 1 is 1.05 bits per heavy atom. The van der Waals surface area contributed by atoms with E-state index in [0.29, 0.717) is 0 Å². The van der Waals surface area contributed by atoms with E-state index in [1.54, 1.807) is 6.92 Å². The third-order valence-corrected chi connectivity index (χ3v) is 3.06. The van der Waals surface area contributed by atoms with Gasteiger partial charge in [0.25, 0.3) is 0 Å². The molecular weight excluding hydrogens is 290 g/mol. The van der Waals surface area contributed by atoms with Gasteiger partial charge in [0.05, 0.1) is 0 Å². The van der Waals surface area contributed by atoms with Gasteiger partial charge in [-0.3, -0.25) is 4.79 Å². The Labute approximate surface area is 113 Å². The van der Waals surface area contributed by atoms with Crippen LogP contribution < -0.4 is 0 Å². The lowest BCUT2D eigenvalue weighted by molar-refractivity contribution is -0.363. The van der Waals surface area contributed by atoms with E-state index in [1.165, 1.54) is 0 Å². The van der Waals surface area contributed by atoms with Crippen molar-refractivity contribution in [1.82, 2.24) is 0 Å². The lowest BCUT2D eigenvalue weighted by atomic mass is 9.77. The molecule has 0 aliphatic carbocycles. The molecule has 0 fully saturated rings. The van der Waals surface area contributed by atoms with Crippen LogP contribution in [0.15, 0.2) is 0 Å². The Bertz CT molecular complexity index is 318. The maximum Gasteiger partial charge on any atom is 0.406 e. The third-order valence-electron chi connectivity index (χ3n) is 3.06. The molecule has 20 heavy (non-hydrogen) atoms. The molecule has 0 spiro atoms. The molecule has 0 aromatic rings. The topological polar surface area (TPSA) is 26.3 Å². The van der Waals surface area contributed by atoms with Gasteiger partial charge in [0, 0.05) is 6.42 Å². The van der Waals surface area contributed by atoms with E-state index in [2.05, 4.69) is 4.74 Å². The number of hydrogen-bond donors (Lipinski definition) is 0. The summed E-state index contributed by atoms with van der Waals surface area (Å²) in [7, 11) is 0. The Hall–Kier alpha value is -0.950. The van der Waals surface area contributed by atoms with Crippen LogP contribution in [-0.2, 0) is 9.53 Å². The summed E-state index contributed by atoms with van der Waals surface area (Å²) in [5, 5.41) is 0. The highest BCUT2D eigenvalue weighted by Gasteiger charge is 2.72. The Balaban J connectivity index is 5.65. The Morgan fingerprint density at radius 3 is 1.70 bits per heavy atom. The van der Waals surface area contributed by atoms with Crippen molar-refractivity contribution in [2.24, 2.45) is 11.3 Å². The quantitative estimate of drug-likeness (QED) is 0.553. The van der Waals surface area contributed by atoms with E-state index < -0.39 is 35.8 Å². The van der Waals surface area contributed by atoms with Crippen LogP contribution in [0.25, 0.3) is 0 Å². The first-order chi connectivity index (χ1) is 8.79. The number of carbonyl (C=O) groups excluding carboxylic acids is 1. The van der Waals surface area contributed by atoms with E-state index >= 15 is 0 Å². The van der Waals surface area contributed by atoms with Crippen LogP contribution in [0.2, 0.25) is 0 Å². The smallest absolute Gasteiger partial charge is 0.406 e. The third kappa shape index (κ3) is 3.79. The van der Waals surface area contributed by atoms with Crippen molar-refractivity contribution < 1.29 is 35.9 Å². The van der Waals surface area contributed by atoms with Crippen LogP contribution in [0, 0.1) is 11.3 Å². The zero-order valence-corrected chi connectivity index (χ0v) is 11.7. The van der Waals surface area contributed by atoms with Crippen molar-refractivity contribution in [2.75, 3.05) is 0 Å². The average molecular weight is 308 g/mol. The second kappa shape index (κ2) is 6.22. The van der Waals surface area contributed by atoms with E-state index in [0.717, 1.165) is 13.8 Å². The van der Waals surface area contributed by atoms with Crippen LogP contribution in [0.3, 0.4) is 0 Å². The van der Waals surface area contributed by atoms with Gasteiger partial charge in [0.2, 0.25) is 0 Å².